The van der Waals surface area contributed by atoms with Crippen LogP contribution in [0.3, 0.4) is 0 Å². The summed E-state index contributed by atoms with van der Waals surface area (Å²) in [6.45, 7) is 4.57. The molecule has 0 unspecified atom stereocenters. The Morgan fingerprint density at radius 1 is 1.41 bits per heavy atom. The number of carbonyl (C=O) groups is 3. The van der Waals surface area contributed by atoms with Crippen molar-refractivity contribution in [2.75, 3.05) is 25.0 Å². The van der Waals surface area contributed by atoms with E-state index in [1.165, 1.54) is 18.3 Å². The molecule has 2 amide bonds. The summed E-state index contributed by atoms with van der Waals surface area (Å²) in [5.41, 5.74) is 0.359. The lowest BCUT2D eigenvalue weighted by molar-refractivity contribution is -0.121. The van der Waals surface area contributed by atoms with Gasteiger partial charge in [-0.3, -0.25) is 9.59 Å². The zero-order valence-electron chi connectivity index (χ0n) is 12.6. The van der Waals surface area contributed by atoms with Crippen molar-refractivity contribution in [3.05, 3.63) is 11.1 Å². The van der Waals surface area contributed by atoms with E-state index in [4.69, 9.17) is 4.74 Å². The van der Waals surface area contributed by atoms with E-state index in [2.05, 4.69) is 10.3 Å². The van der Waals surface area contributed by atoms with Crippen molar-refractivity contribution < 1.29 is 19.1 Å². The van der Waals surface area contributed by atoms with Crippen molar-refractivity contribution in [2.24, 2.45) is 5.92 Å². The number of amides is 2. The van der Waals surface area contributed by atoms with Gasteiger partial charge < -0.3 is 15.0 Å². The van der Waals surface area contributed by atoms with E-state index in [-0.39, 0.29) is 23.7 Å². The molecule has 1 N–H and O–H groups in total. The van der Waals surface area contributed by atoms with Gasteiger partial charge in [-0.15, -0.1) is 11.3 Å². The summed E-state index contributed by atoms with van der Waals surface area (Å²) in [6.07, 6.45) is 0.859. The van der Waals surface area contributed by atoms with E-state index in [1.807, 2.05) is 0 Å². The molecule has 1 aliphatic rings. The summed E-state index contributed by atoms with van der Waals surface area (Å²) in [4.78, 5) is 40.6. The number of aromatic nitrogens is 1. The Bertz CT molecular complexity index is 564. The summed E-state index contributed by atoms with van der Waals surface area (Å²) < 4.78 is 4.94. The van der Waals surface area contributed by atoms with Crippen LogP contribution < -0.4 is 5.32 Å². The molecule has 2 heterocycles. The van der Waals surface area contributed by atoms with Crippen LogP contribution in [-0.4, -0.2) is 47.4 Å². The molecule has 0 atom stereocenters. The summed E-state index contributed by atoms with van der Waals surface area (Å²) in [5, 5.41) is 4.80. The van der Waals surface area contributed by atoms with Crippen LogP contribution in [0.5, 0.6) is 0 Å². The number of Topliss-reactive ketones (excluding diaryl/α,β-unsaturated/α-hetero) is 1. The number of hydrogen-bond acceptors (Lipinski definition) is 6. The molecule has 120 valence electrons. The van der Waals surface area contributed by atoms with E-state index < -0.39 is 0 Å². The van der Waals surface area contributed by atoms with Crippen molar-refractivity contribution in [3.8, 4) is 0 Å². The third-order valence-electron chi connectivity index (χ3n) is 3.49. The first-order valence-corrected chi connectivity index (χ1v) is 8.08. The molecule has 0 bridgehead atoms. The van der Waals surface area contributed by atoms with Crippen molar-refractivity contribution >= 4 is 34.3 Å². The van der Waals surface area contributed by atoms with E-state index in [0.29, 0.717) is 43.4 Å². The van der Waals surface area contributed by atoms with Crippen LogP contribution in [0.25, 0.3) is 0 Å². The molecule has 0 aliphatic carbocycles. The predicted octanol–water partition coefficient (Wildman–Crippen LogP) is 2.15. The largest absolute Gasteiger partial charge is 0.450 e. The lowest BCUT2D eigenvalue weighted by atomic mass is 9.96. The number of piperidine rings is 1. The first-order chi connectivity index (χ1) is 10.5. The van der Waals surface area contributed by atoms with Gasteiger partial charge in [-0.05, 0) is 19.8 Å². The van der Waals surface area contributed by atoms with Gasteiger partial charge in [0.1, 0.15) is 5.69 Å². The Balaban J connectivity index is 1.84. The van der Waals surface area contributed by atoms with E-state index in [9.17, 15) is 14.4 Å². The number of ketones is 1. The highest BCUT2D eigenvalue weighted by Gasteiger charge is 2.28. The summed E-state index contributed by atoms with van der Waals surface area (Å²) in [7, 11) is 0. The SMILES string of the molecule is CCOC(=O)N1CCC(C(=O)Nc2nc(C(C)=O)cs2)CC1. The number of ether oxygens (including phenoxy) is 1. The minimum absolute atomic E-state index is 0.118. The van der Waals surface area contributed by atoms with Crippen LogP contribution in [0.4, 0.5) is 9.93 Å². The summed E-state index contributed by atoms with van der Waals surface area (Å²) in [5.74, 6) is -0.400. The Morgan fingerprint density at radius 3 is 2.64 bits per heavy atom. The predicted molar refractivity (Wildman–Crippen MR) is 82.1 cm³/mol. The maximum absolute atomic E-state index is 12.2. The second kappa shape index (κ2) is 7.35. The lowest BCUT2D eigenvalue weighted by Gasteiger charge is -2.30. The third kappa shape index (κ3) is 4.03. The topological polar surface area (TPSA) is 88.6 Å². The molecular weight excluding hydrogens is 306 g/mol. The number of likely N-dealkylation sites (tertiary alicyclic amines) is 1. The van der Waals surface area contributed by atoms with Gasteiger partial charge in [0.25, 0.3) is 0 Å². The average Bonchev–Trinajstić information content (AvgIpc) is 2.96. The van der Waals surface area contributed by atoms with Gasteiger partial charge in [0.2, 0.25) is 5.91 Å². The standard InChI is InChI=1S/C14H19N3O4S/c1-3-21-14(20)17-6-4-10(5-7-17)12(19)16-13-15-11(8-22-13)9(2)18/h8,10H,3-7H2,1-2H3,(H,15,16,19). The van der Waals surface area contributed by atoms with Crippen LogP contribution in [-0.2, 0) is 9.53 Å². The van der Waals surface area contributed by atoms with Gasteiger partial charge in [-0.1, -0.05) is 0 Å². The highest BCUT2D eigenvalue weighted by Crippen LogP contribution is 2.22. The molecule has 0 radical (unpaired) electrons. The number of carbonyl (C=O) groups excluding carboxylic acids is 3. The number of anilines is 1. The normalized spacial score (nSPS) is 15.5. The number of nitrogens with zero attached hydrogens (tertiary/aromatic N) is 2. The second-order valence-corrected chi connectivity index (χ2v) is 5.90. The second-order valence-electron chi connectivity index (χ2n) is 5.04. The van der Waals surface area contributed by atoms with Crippen LogP contribution in [0, 0.1) is 5.92 Å². The van der Waals surface area contributed by atoms with E-state index >= 15 is 0 Å². The Hall–Kier alpha value is -1.96. The van der Waals surface area contributed by atoms with E-state index in [0.717, 1.165) is 0 Å². The molecule has 8 heteroatoms. The Labute approximate surface area is 132 Å². The van der Waals surface area contributed by atoms with Crippen LogP contribution in [0.2, 0.25) is 0 Å². The molecule has 1 fully saturated rings. The quantitative estimate of drug-likeness (QED) is 0.857. The van der Waals surface area contributed by atoms with Crippen LogP contribution in [0.1, 0.15) is 37.2 Å². The molecule has 1 aliphatic heterocycles. The smallest absolute Gasteiger partial charge is 0.409 e. The molecule has 7 nitrogen and oxygen atoms in total. The van der Waals surface area contributed by atoms with Crippen LogP contribution >= 0.6 is 11.3 Å². The van der Waals surface area contributed by atoms with Crippen molar-refractivity contribution in [3.63, 3.8) is 0 Å². The van der Waals surface area contributed by atoms with Gasteiger partial charge in [0, 0.05) is 31.3 Å². The highest BCUT2D eigenvalue weighted by molar-refractivity contribution is 7.14. The third-order valence-corrected chi connectivity index (χ3v) is 4.24. The number of thiazole rings is 1. The fraction of sp³-hybridized carbons (Fsp3) is 0.571. The summed E-state index contributed by atoms with van der Waals surface area (Å²) >= 11 is 1.23. The lowest BCUT2D eigenvalue weighted by Crippen LogP contribution is -2.41. The zero-order chi connectivity index (χ0) is 16.1. The zero-order valence-corrected chi connectivity index (χ0v) is 13.4. The van der Waals surface area contributed by atoms with Crippen LogP contribution in [0.15, 0.2) is 5.38 Å². The van der Waals surface area contributed by atoms with Crippen molar-refractivity contribution in [2.45, 2.75) is 26.7 Å². The molecule has 0 spiro atoms. The highest BCUT2D eigenvalue weighted by atomic mass is 32.1. The van der Waals surface area contributed by atoms with Crippen molar-refractivity contribution in [1.82, 2.24) is 9.88 Å². The number of nitrogens with one attached hydrogen (secondary N) is 1. The van der Waals surface area contributed by atoms with Gasteiger partial charge >= 0.3 is 6.09 Å². The first kappa shape index (κ1) is 16.4. The number of rotatable bonds is 4. The number of hydrogen-bond donors (Lipinski definition) is 1. The maximum atomic E-state index is 12.2. The van der Waals surface area contributed by atoms with Crippen molar-refractivity contribution in [1.29, 1.82) is 0 Å². The molecule has 1 aromatic heterocycles. The molecule has 1 saturated heterocycles. The van der Waals surface area contributed by atoms with Gasteiger partial charge in [0.05, 0.1) is 6.61 Å². The fourth-order valence-corrected chi connectivity index (χ4v) is 2.99. The van der Waals surface area contributed by atoms with Gasteiger partial charge in [-0.25, -0.2) is 9.78 Å². The fourth-order valence-electron chi connectivity index (χ4n) is 2.24. The monoisotopic (exact) mass is 325 g/mol. The molecule has 2 rings (SSSR count). The Morgan fingerprint density at radius 2 is 2.09 bits per heavy atom. The molecular formula is C14H19N3O4S. The maximum Gasteiger partial charge on any atom is 0.409 e. The average molecular weight is 325 g/mol. The minimum atomic E-state index is -0.326. The van der Waals surface area contributed by atoms with E-state index in [1.54, 1.807) is 17.2 Å². The summed E-state index contributed by atoms with van der Waals surface area (Å²) in [6, 6.07) is 0. The molecule has 22 heavy (non-hydrogen) atoms. The Kier molecular flexibility index (Phi) is 5.48. The molecule has 0 saturated carbocycles. The minimum Gasteiger partial charge on any atom is -0.450 e. The molecule has 1 aromatic rings. The molecule has 0 aromatic carbocycles. The van der Waals surface area contributed by atoms with Gasteiger partial charge in [-0.2, -0.15) is 0 Å². The first-order valence-electron chi connectivity index (χ1n) is 7.20. The van der Waals surface area contributed by atoms with Gasteiger partial charge in [0.15, 0.2) is 10.9 Å².